The molecule has 170 valence electrons. The third-order valence-electron chi connectivity index (χ3n) is 5.10. The first-order valence-electron chi connectivity index (χ1n) is 9.75. The molecule has 0 atom stereocenters. The van der Waals surface area contributed by atoms with E-state index in [0.717, 1.165) is 6.26 Å². The van der Waals surface area contributed by atoms with Gasteiger partial charge in [0.25, 0.3) is 0 Å². The highest BCUT2D eigenvalue weighted by atomic mass is 79.9. The van der Waals surface area contributed by atoms with Gasteiger partial charge in [0.2, 0.25) is 5.78 Å². The second-order valence-corrected chi connectivity index (χ2v) is 10.4. The summed E-state index contributed by atoms with van der Waals surface area (Å²) in [4.78, 5) is 26.8. The van der Waals surface area contributed by atoms with Crippen molar-refractivity contribution in [1.82, 2.24) is 4.90 Å². The van der Waals surface area contributed by atoms with Gasteiger partial charge in [0.05, 0.1) is 9.37 Å². The van der Waals surface area contributed by atoms with Gasteiger partial charge in [-0.1, -0.05) is 6.07 Å². The van der Waals surface area contributed by atoms with E-state index in [1.165, 1.54) is 30.3 Å². The summed E-state index contributed by atoms with van der Waals surface area (Å²) in [6.45, 7) is 0.646. The summed E-state index contributed by atoms with van der Waals surface area (Å²) in [6, 6.07) is 9.73. The number of nitrogens with one attached hydrogen (secondary N) is 3. The van der Waals surface area contributed by atoms with E-state index in [1.807, 2.05) is 0 Å². The Morgan fingerprint density at radius 2 is 1.75 bits per heavy atom. The number of carbonyl (C=O) groups excluding carboxylic acids is 2. The molecule has 8 nitrogen and oxygen atoms in total. The van der Waals surface area contributed by atoms with Gasteiger partial charge < -0.3 is 15.5 Å². The first-order valence-corrected chi connectivity index (χ1v) is 12.4. The molecule has 0 bridgehead atoms. The lowest BCUT2D eigenvalue weighted by atomic mass is 9.92. The van der Waals surface area contributed by atoms with E-state index >= 15 is 0 Å². The van der Waals surface area contributed by atoms with Crippen molar-refractivity contribution in [2.75, 3.05) is 30.0 Å². The predicted molar refractivity (Wildman–Crippen MR) is 123 cm³/mol. The van der Waals surface area contributed by atoms with E-state index < -0.39 is 21.6 Å². The molecule has 1 heterocycles. The van der Waals surface area contributed by atoms with Gasteiger partial charge in [0, 0.05) is 36.6 Å². The lowest BCUT2D eigenvalue weighted by Crippen LogP contribution is -2.44. The molecule has 3 rings (SSSR count). The van der Waals surface area contributed by atoms with Crippen LogP contribution in [0, 0.1) is 17.1 Å². The highest BCUT2D eigenvalue weighted by Gasteiger charge is 2.29. The molecule has 2 aromatic carbocycles. The van der Waals surface area contributed by atoms with Crippen molar-refractivity contribution in [2.45, 2.75) is 17.7 Å². The smallest absolute Gasteiger partial charge is 0.321 e. The van der Waals surface area contributed by atoms with Crippen LogP contribution in [0.3, 0.4) is 0 Å². The molecule has 1 saturated heterocycles. The summed E-state index contributed by atoms with van der Waals surface area (Å²) in [6.07, 6.45) is 1.89. The van der Waals surface area contributed by atoms with Crippen molar-refractivity contribution < 1.29 is 22.4 Å². The zero-order valence-corrected chi connectivity index (χ0v) is 19.6. The molecule has 2 amide bonds. The Balaban J connectivity index is 1.54. The number of sulfone groups is 1. The summed E-state index contributed by atoms with van der Waals surface area (Å²) >= 11 is 3.06. The number of urea groups is 1. The average Bonchev–Trinajstić information content (AvgIpc) is 2.75. The van der Waals surface area contributed by atoms with Gasteiger partial charge in [0.15, 0.2) is 15.7 Å². The molecule has 0 unspecified atom stereocenters. The van der Waals surface area contributed by atoms with Crippen LogP contribution >= 0.6 is 15.9 Å². The van der Waals surface area contributed by atoms with E-state index in [9.17, 15) is 22.4 Å². The Morgan fingerprint density at radius 1 is 1.09 bits per heavy atom. The standard InChI is InChI=1S/C21H22BrFN4O4S/c1-32(30,31)16-4-2-3-14(11-16)26-21(29)27-9-7-13(8-10-27)19(28)20(24)25-15-5-6-18(23)17(22)12-15/h2-6,11-13H,7-10H2,1H3,(H2,24,25)(H,26,29). The Kier molecular flexibility index (Phi) is 7.29. The number of benzene rings is 2. The van der Waals surface area contributed by atoms with Gasteiger partial charge in [-0.15, -0.1) is 0 Å². The van der Waals surface area contributed by atoms with Gasteiger partial charge in [-0.05, 0) is 65.2 Å². The normalized spacial score (nSPS) is 14.7. The Morgan fingerprint density at radius 3 is 2.38 bits per heavy atom. The van der Waals surface area contributed by atoms with E-state index in [-0.39, 0.29) is 27.0 Å². The molecular weight excluding hydrogens is 503 g/mol. The van der Waals surface area contributed by atoms with Crippen molar-refractivity contribution in [2.24, 2.45) is 5.92 Å². The quantitative estimate of drug-likeness (QED) is 0.404. The van der Waals surface area contributed by atoms with Crippen LogP contribution in [0.15, 0.2) is 51.8 Å². The van der Waals surface area contributed by atoms with Crippen molar-refractivity contribution in [1.29, 1.82) is 5.41 Å². The number of ketones is 1. The van der Waals surface area contributed by atoms with Crippen LogP contribution < -0.4 is 10.6 Å². The number of likely N-dealkylation sites (tertiary alicyclic amines) is 1. The van der Waals surface area contributed by atoms with Gasteiger partial charge in [-0.2, -0.15) is 0 Å². The number of hydrogen-bond donors (Lipinski definition) is 3. The number of hydrogen-bond acceptors (Lipinski definition) is 5. The third-order valence-corrected chi connectivity index (χ3v) is 6.82. The predicted octanol–water partition coefficient (Wildman–Crippen LogP) is 3.89. The summed E-state index contributed by atoms with van der Waals surface area (Å²) < 4.78 is 36.9. The van der Waals surface area contributed by atoms with E-state index in [0.29, 0.717) is 37.3 Å². The molecule has 1 fully saturated rings. The fraction of sp³-hybridized carbons (Fsp3) is 0.286. The largest absolute Gasteiger partial charge is 0.338 e. The highest BCUT2D eigenvalue weighted by Crippen LogP contribution is 2.23. The molecule has 0 radical (unpaired) electrons. The van der Waals surface area contributed by atoms with E-state index in [1.54, 1.807) is 17.0 Å². The number of amidine groups is 1. The zero-order chi connectivity index (χ0) is 23.5. The lowest BCUT2D eigenvalue weighted by molar-refractivity contribution is -0.117. The summed E-state index contributed by atoms with van der Waals surface area (Å²) in [5.41, 5.74) is 0.789. The van der Waals surface area contributed by atoms with Gasteiger partial charge in [0.1, 0.15) is 5.82 Å². The summed E-state index contributed by atoms with van der Waals surface area (Å²) in [5.74, 6) is -1.51. The van der Waals surface area contributed by atoms with Gasteiger partial charge in [-0.25, -0.2) is 17.6 Å². The lowest BCUT2D eigenvalue weighted by Gasteiger charge is -2.31. The van der Waals surface area contributed by atoms with Crippen LogP contribution in [0.4, 0.5) is 20.6 Å². The fourth-order valence-corrected chi connectivity index (χ4v) is 4.38. The minimum Gasteiger partial charge on any atom is -0.338 e. The maximum atomic E-state index is 13.3. The van der Waals surface area contributed by atoms with Crippen molar-refractivity contribution in [3.05, 3.63) is 52.8 Å². The van der Waals surface area contributed by atoms with Crippen LogP contribution in [-0.4, -0.2) is 50.3 Å². The first-order chi connectivity index (χ1) is 15.0. The minimum absolute atomic E-state index is 0.110. The Bertz CT molecular complexity index is 1160. The van der Waals surface area contributed by atoms with Crippen molar-refractivity contribution >= 4 is 54.8 Å². The van der Waals surface area contributed by atoms with Crippen LogP contribution in [0.5, 0.6) is 0 Å². The maximum Gasteiger partial charge on any atom is 0.321 e. The monoisotopic (exact) mass is 524 g/mol. The average molecular weight is 525 g/mol. The van der Waals surface area contributed by atoms with Crippen LogP contribution in [0.1, 0.15) is 12.8 Å². The first kappa shape index (κ1) is 23.9. The number of anilines is 2. The molecule has 0 spiro atoms. The number of amides is 2. The minimum atomic E-state index is -3.39. The third kappa shape index (κ3) is 5.92. The van der Waals surface area contributed by atoms with Crippen molar-refractivity contribution in [3.63, 3.8) is 0 Å². The molecule has 0 saturated carbocycles. The molecule has 3 N–H and O–H groups in total. The topological polar surface area (TPSA) is 119 Å². The van der Waals surface area contributed by atoms with Crippen molar-refractivity contribution in [3.8, 4) is 0 Å². The Hall–Kier alpha value is -2.79. The number of piperidine rings is 1. The van der Waals surface area contributed by atoms with Crippen LogP contribution in [-0.2, 0) is 14.6 Å². The van der Waals surface area contributed by atoms with Crippen LogP contribution in [0.2, 0.25) is 0 Å². The molecule has 11 heteroatoms. The molecule has 2 aromatic rings. The van der Waals surface area contributed by atoms with Crippen LogP contribution in [0.25, 0.3) is 0 Å². The number of Topliss-reactive ketones (excluding diaryl/α,β-unsaturated/α-hetero) is 1. The summed E-state index contributed by atoms with van der Waals surface area (Å²) in [5, 5.41) is 13.4. The summed E-state index contributed by atoms with van der Waals surface area (Å²) in [7, 11) is -3.39. The number of nitrogens with zero attached hydrogens (tertiary/aromatic N) is 1. The number of carbonyl (C=O) groups is 2. The van der Waals surface area contributed by atoms with E-state index in [2.05, 4.69) is 26.6 Å². The zero-order valence-electron chi connectivity index (χ0n) is 17.2. The number of rotatable bonds is 5. The molecule has 32 heavy (non-hydrogen) atoms. The molecule has 1 aliphatic heterocycles. The molecular formula is C21H22BrFN4O4S. The number of halogens is 2. The van der Waals surface area contributed by atoms with Gasteiger partial charge >= 0.3 is 6.03 Å². The highest BCUT2D eigenvalue weighted by molar-refractivity contribution is 9.10. The molecule has 1 aliphatic rings. The Labute approximate surface area is 193 Å². The molecule has 0 aliphatic carbocycles. The second kappa shape index (κ2) is 9.78. The molecule has 0 aromatic heterocycles. The van der Waals surface area contributed by atoms with Gasteiger partial charge in [-0.3, -0.25) is 10.2 Å². The van der Waals surface area contributed by atoms with E-state index in [4.69, 9.17) is 5.41 Å². The second-order valence-electron chi connectivity index (χ2n) is 7.48. The SMILES string of the molecule is CS(=O)(=O)c1cccc(NC(=O)N2CCC(C(=O)C(=N)Nc3ccc(F)c(Br)c3)CC2)c1. The fourth-order valence-electron chi connectivity index (χ4n) is 3.34. The maximum absolute atomic E-state index is 13.3.